The van der Waals surface area contributed by atoms with E-state index >= 15 is 0 Å². The Morgan fingerprint density at radius 3 is 2.07 bits per heavy atom. The molecule has 3 rings (SSSR count). The van der Waals surface area contributed by atoms with Crippen LogP contribution in [0.25, 0.3) is 0 Å². The molecule has 1 N–H and O–H groups in total. The molecule has 6 heteroatoms. The largest absolute Gasteiger partial charge is 0.352 e. The predicted molar refractivity (Wildman–Crippen MR) is 107 cm³/mol. The number of hydrogen-bond donors (Lipinski definition) is 1. The zero-order chi connectivity index (χ0) is 19.1. The zero-order valence-corrected chi connectivity index (χ0v) is 16.2. The van der Waals surface area contributed by atoms with Crippen LogP contribution in [-0.2, 0) is 27.8 Å². The van der Waals surface area contributed by atoms with Gasteiger partial charge in [-0.1, -0.05) is 60.7 Å². The van der Waals surface area contributed by atoms with E-state index in [-0.39, 0.29) is 17.6 Å². The lowest BCUT2D eigenvalue weighted by molar-refractivity contribution is -0.126. The average Bonchev–Trinajstić information content (AvgIpc) is 2.72. The summed E-state index contributed by atoms with van der Waals surface area (Å²) in [5, 5.41) is 2.96. The molecule has 1 aliphatic heterocycles. The lowest BCUT2D eigenvalue weighted by Crippen LogP contribution is -2.43. The molecule has 0 aliphatic carbocycles. The number of carbonyl (C=O) groups is 1. The number of hydrogen-bond acceptors (Lipinski definition) is 3. The quantitative estimate of drug-likeness (QED) is 0.795. The van der Waals surface area contributed by atoms with Gasteiger partial charge in [-0.2, -0.15) is 0 Å². The molecule has 0 radical (unpaired) electrons. The third-order valence-corrected chi connectivity index (χ3v) is 6.89. The first kappa shape index (κ1) is 19.6. The fraction of sp³-hybridized carbons (Fsp3) is 0.381. The topological polar surface area (TPSA) is 66.5 Å². The number of carbonyl (C=O) groups excluding carboxylic acids is 1. The molecule has 1 heterocycles. The van der Waals surface area contributed by atoms with Crippen LogP contribution in [0.3, 0.4) is 0 Å². The van der Waals surface area contributed by atoms with Crippen LogP contribution in [0.5, 0.6) is 0 Å². The number of nitrogens with zero attached hydrogens (tertiary/aromatic N) is 1. The molecule has 0 spiro atoms. The Balaban J connectivity index is 1.45. The molecule has 5 nitrogen and oxygen atoms in total. The van der Waals surface area contributed by atoms with Crippen LogP contribution in [0, 0.1) is 5.92 Å². The average molecular weight is 387 g/mol. The molecule has 2 aromatic rings. The number of aryl methyl sites for hydroxylation is 1. The van der Waals surface area contributed by atoms with Crippen LogP contribution in [0.2, 0.25) is 0 Å². The molecule has 0 atom stereocenters. The Labute approximate surface area is 161 Å². The Bertz CT molecular complexity index is 830. The van der Waals surface area contributed by atoms with E-state index in [0.717, 1.165) is 11.1 Å². The standard InChI is InChI=1S/C21H26N2O3S/c24-21(22-17-19-9-5-2-6-10-19)20-11-14-23(15-12-20)27(25,26)16-13-18-7-3-1-4-8-18/h1-10,20H,11-17H2,(H,22,24). The monoisotopic (exact) mass is 386 g/mol. The van der Waals surface area contributed by atoms with Crippen molar-refractivity contribution in [2.75, 3.05) is 18.8 Å². The first-order valence-electron chi connectivity index (χ1n) is 9.38. The Morgan fingerprint density at radius 1 is 0.926 bits per heavy atom. The second kappa shape index (κ2) is 9.15. The lowest BCUT2D eigenvalue weighted by atomic mass is 9.97. The van der Waals surface area contributed by atoms with Gasteiger partial charge in [-0.3, -0.25) is 4.79 Å². The summed E-state index contributed by atoms with van der Waals surface area (Å²) >= 11 is 0. The van der Waals surface area contributed by atoms with Crippen LogP contribution in [0.1, 0.15) is 24.0 Å². The first-order chi connectivity index (χ1) is 13.0. The van der Waals surface area contributed by atoms with Gasteiger partial charge >= 0.3 is 0 Å². The van der Waals surface area contributed by atoms with Crippen molar-refractivity contribution in [1.82, 2.24) is 9.62 Å². The number of sulfonamides is 1. The van der Waals surface area contributed by atoms with Gasteiger partial charge in [0.1, 0.15) is 0 Å². The summed E-state index contributed by atoms with van der Waals surface area (Å²) in [5.41, 5.74) is 2.09. The fourth-order valence-electron chi connectivity index (χ4n) is 3.35. The summed E-state index contributed by atoms with van der Waals surface area (Å²) in [7, 11) is -3.28. The number of amides is 1. The number of nitrogens with one attached hydrogen (secondary N) is 1. The summed E-state index contributed by atoms with van der Waals surface area (Å²) in [4.78, 5) is 12.4. The summed E-state index contributed by atoms with van der Waals surface area (Å²) < 4.78 is 26.7. The van der Waals surface area contributed by atoms with Gasteiger partial charge in [0.25, 0.3) is 0 Å². The maximum atomic E-state index is 12.6. The minimum absolute atomic E-state index is 0.0141. The minimum atomic E-state index is -3.28. The van der Waals surface area contributed by atoms with Gasteiger partial charge in [0.2, 0.25) is 15.9 Å². The third kappa shape index (κ3) is 5.65. The smallest absolute Gasteiger partial charge is 0.223 e. The van der Waals surface area contributed by atoms with Gasteiger partial charge in [0.05, 0.1) is 5.75 Å². The maximum Gasteiger partial charge on any atom is 0.223 e. The minimum Gasteiger partial charge on any atom is -0.352 e. The molecule has 0 aromatic heterocycles. The zero-order valence-electron chi connectivity index (χ0n) is 15.4. The molecule has 2 aromatic carbocycles. The van der Waals surface area contributed by atoms with Crippen LogP contribution in [-0.4, -0.2) is 37.5 Å². The molecule has 1 saturated heterocycles. The highest BCUT2D eigenvalue weighted by Crippen LogP contribution is 2.20. The van der Waals surface area contributed by atoms with Crippen molar-refractivity contribution < 1.29 is 13.2 Å². The van der Waals surface area contributed by atoms with Crippen LogP contribution < -0.4 is 5.32 Å². The SMILES string of the molecule is O=C(NCc1ccccc1)C1CCN(S(=O)(=O)CCc2ccccc2)CC1. The Hall–Kier alpha value is -2.18. The van der Waals surface area contributed by atoms with Gasteiger partial charge in [0, 0.05) is 25.6 Å². The van der Waals surface area contributed by atoms with E-state index < -0.39 is 10.0 Å². The van der Waals surface area contributed by atoms with E-state index in [1.165, 1.54) is 4.31 Å². The van der Waals surface area contributed by atoms with Gasteiger partial charge in [-0.05, 0) is 30.4 Å². The Morgan fingerprint density at radius 2 is 1.48 bits per heavy atom. The molecule has 27 heavy (non-hydrogen) atoms. The van der Waals surface area contributed by atoms with E-state index in [2.05, 4.69) is 5.32 Å². The summed E-state index contributed by atoms with van der Waals surface area (Å²) in [6.45, 7) is 1.34. The molecular weight excluding hydrogens is 360 g/mol. The lowest BCUT2D eigenvalue weighted by Gasteiger charge is -2.30. The summed E-state index contributed by atoms with van der Waals surface area (Å²) in [5.74, 6) is 0.0106. The van der Waals surface area contributed by atoms with Gasteiger partial charge in [-0.15, -0.1) is 0 Å². The molecule has 0 saturated carbocycles. The number of rotatable bonds is 7. The van der Waals surface area contributed by atoms with Crippen LogP contribution in [0.4, 0.5) is 0 Å². The van der Waals surface area contributed by atoms with E-state index in [4.69, 9.17) is 0 Å². The van der Waals surface area contributed by atoms with Crippen molar-refractivity contribution in [3.05, 3.63) is 71.8 Å². The third-order valence-electron chi connectivity index (χ3n) is 5.02. The molecule has 1 fully saturated rings. The second-order valence-electron chi connectivity index (χ2n) is 6.93. The summed E-state index contributed by atoms with van der Waals surface area (Å²) in [6, 6.07) is 19.4. The maximum absolute atomic E-state index is 12.6. The van der Waals surface area contributed by atoms with Crippen LogP contribution >= 0.6 is 0 Å². The molecule has 0 bridgehead atoms. The number of piperidine rings is 1. The van der Waals surface area contributed by atoms with E-state index in [0.29, 0.717) is 38.9 Å². The summed E-state index contributed by atoms with van der Waals surface area (Å²) in [6.07, 6.45) is 1.66. The van der Waals surface area contributed by atoms with Crippen molar-refractivity contribution in [3.8, 4) is 0 Å². The van der Waals surface area contributed by atoms with Crippen molar-refractivity contribution in [1.29, 1.82) is 0 Å². The van der Waals surface area contributed by atoms with Gasteiger partial charge in [-0.25, -0.2) is 12.7 Å². The number of benzene rings is 2. The molecular formula is C21H26N2O3S. The first-order valence-corrected chi connectivity index (χ1v) is 11.0. The fourth-order valence-corrected chi connectivity index (χ4v) is 4.87. The molecule has 1 aliphatic rings. The molecule has 1 amide bonds. The van der Waals surface area contributed by atoms with E-state index in [9.17, 15) is 13.2 Å². The van der Waals surface area contributed by atoms with Crippen molar-refractivity contribution in [3.63, 3.8) is 0 Å². The Kier molecular flexibility index (Phi) is 6.63. The molecule has 0 unspecified atom stereocenters. The van der Waals surface area contributed by atoms with Crippen molar-refractivity contribution in [2.45, 2.75) is 25.8 Å². The van der Waals surface area contributed by atoms with E-state index in [1.54, 1.807) is 0 Å². The van der Waals surface area contributed by atoms with Crippen molar-refractivity contribution in [2.24, 2.45) is 5.92 Å². The normalized spacial score (nSPS) is 16.1. The van der Waals surface area contributed by atoms with Crippen LogP contribution in [0.15, 0.2) is 60.7 Å². The van der Waals surface area contributed by atoms with E-state index in [1.807, 2.05) is 60.7 Å². The predicted octanol–water partition coefficient (Wildman–Crippen LogP) is 2.59. The highest BCUT2D eigenvalue weighted by Gasteiger charge is 2.30. The molecule has 144 valence electrons. The highest BCUT2D eigenvalue weighted by atomic mass is 32.2. The second-order valence-corrected chi connectivity index (χ2v) is 9.02. The highest BCUT2D eigenvalue weighted by molar-refractivity contribution is 7.89. The van der Waals surface area contributed by atoms with Gasteiger partial charge in [0.15, 0.2) is 0 Å². The van der Waals surface area contributed by atoms with Crippen molar-refractivity contribution >= 4 is 15.9 Å². The van der Waals surface area contributed by atoms with Gasteiger partial charge < -0.3 is 5.32 Å².